The molecule has 0 amide bonds. The molecule has 0 spiro atoms. The minimum absolute atomic E-state index is 0.171. The number of nitrogens with zero attached hydrogens (tertiary/aromatic N) is 1. The molecule has 1 aromatic carbocycles. The fraction of sp³-hybridized carbons (Fsp3) is 0.231. The van der Waals surface area contributed by atoms with Crippen LogP contribution in [0.3, 0.4) is 0 Å². The van der Waals surface area contributed by atoms with Gasteiger partial charge in [-0.25, -0.2) is 9.78 Å². The summed E-state index contributed by atoms with van der Waals surface area (Å²) >= 11 is 1.50. The Morgan fingerprint density at radius 1 is 1.37 bits per heavy atom. The smallest absolute Gasteiger partial charge is 0.335 e. The maximum atomic E-state index is 10.9. The first-order chi connectivity index (χ1) is 9.20. The highest BCUT2D eigenvalue weighted by Gasteiger charge is 2.11. The van der Waals surface area contributed by atoms with Crippen molar-refractivity contribution in [2.45, 2.75) is 13.5 Å². The number of carboxylic acid groups (broad SMARTS) is 1. The van der Waals surface area contributed by atoms with Gasteiger partial charge in [-0.15, -0.1) is 11.3 Å². The Morgan fingerprint density at radius 3 is 2.84 bits per heavy atom. The molecule has 2 aromatic rings. The number of rotatable bonds is 6. The number of carbonyl (C=O) groups is 1. The van der Waals surface area contributed by atoms with E-state index in [0.29, 0.717) is 24.7 Å². The number of hydrogen-bond donors (Lipinski definition) is 1. The van der Waals surface area contributed by atoms with E-state index in [2.05, 4.69) is 4.98 Å². The highest BCUT2D eigenvalue weighted by molar-refractivity contribution is 7.09. The lowest BCUT2D eigenvalue weighted by Crippen LogP contribution is -2.02. The summed E-state index contributed by atoms with van der Waals surface area (Å²) in [6.45, 7) is 2.61. The van der Waals surface area contributed by atoms with Crippen molar-refractivity contribution in [3.05, 3.63) is 40.3 Å². The summed E-state index contributed by atoms with van der Waals surface area (Å²) in [5, 5.41) is 11.7. The van der Waals surface area contributed by atoms with E-state index in [-0.39, 0.29) is 5.56 Å². The lowest BCUT2D eigenvalue weighted by molar-refractivity contribution is 0.0696. The van der Waals surface area contributed by atoms with Crippen molar-refractivity contribution < 1.29 is 19.4 Å². The molecule has 5 nitrogen and oxygen atoms in total. The van der Waals surface area contributed by atoms with Crippen LogP contribution in [0.15, 0.2) is 29.8 Å². The topological polar surface area (TPSA) is 68.7 Å². The summed E-state index contributed by atoms with van der Waals surface area (Å²) in [7, 11) is 0. The number of hydrogen-bond acceptors (Lipinski definition) is 5. The van der Waals surface area contributed by atoms with Crippen molar-refractivity contribution in [1.29, 1.82) is 0 Å². The molecule has 0 aliphatic heterocycles. The minimum atomic E-state index is -0.993. The molecule has 1 aromatic heterocycles. The Hall–Kier alpha value is -2.08. The monoisotopic (exact) mass is 279 g/mol. The van der Waals surface area contributed by atoms with E-state index < -0.39 is 5.97 Å². The van der Waals surface area contributed by atoms with Crippen molar-refractivity contribution >= 4 is 17.3 Å². The van der Waals surface area contributed by atoms with E-state index in [1.54, 1.807) is 12.3 Å². The van der Waals surface area contributed by atoms with Crippen LogP contribution in [-0.2, 0) is 6.61 Å². The van der Waals surface area contributed by atoms with Crippen LogP contribution in [-0.4, -0.2) is 22.7 Å². The first-order valence-corrected chi connectivity index (χ1v) is 6.60. The van der Waals surface area contributed by atoms with Crippen molar-refractivity contribution in [1.82, 2.24) is 4.98 Å². The summed E-state index contributed by atoms with van der Waals surface area (Å²) < 4.78 is 11.0. The van der Waals surface area contributed by atoms with Gasteiger partial charge >= 0.3 is 5.97 Å². The third-order valence-electron chi connectivity index (χ3n) is 2.33. The number of aromatic carboxylic acids is 1. The van der Waals surface area contributed by atoms with E-state index in [4.69, 9.17) is 14.6 Å². The van der Waals surface area contributed by atoms with Crippen LogP contribution < -0.4 is 9.47 Å². The zero-order chi connectivity index (χ0) is 13.7. The number of carboxylic acids is 1. The summed E-state index contributed by atoms with van der Waals surface area (Å²) in [5.41, 5.74) is 0.171. The van der Waals surface area contributed by atoms with Gasteiger partial charge in [-0.05, 0) is 25.1 Å². The quantitative estimate of drug-likeness (QED) is 0.880. The maximum absolute atomic E-state index is 10.9. The molecule has 0 saturated heterocycles. The molecule has 0 aliphatic carbocycles. The summed E-state index contributed by atoms with van der Waals surface area (Å²) in [6, 6.07) is 4.55. The molecule has 0 bridgehead atoms. The van der Waals surface area contributed by atoms with E-state index in [1.807, 2.05) is 12.3 Å². The van der Waals surface area contributed by atoms with Crippen LogP contribution >= 0.6 is 11.3 Å². The first-order valence-electron chi connectivity index (χ1n) is 5.72. The predicted molar refractivity (Wildman–Crippen MR) is 71.0 cm³/mol. The minimum Gasteiger partial charge on any atom is -0.490 e. The molecular weight excluding hydrogens is 266 g/mol. The first kappa shape index (κ1) is 13.4. The maximum Gasteiger partial charge on any atom is 0.335 e. The number of thiazole rings is 1. The molecule has 0 atom stereocenters. The summed E-state index contributed by atoms with van der Waals surface area (Å²) in [4.78, 5) is 15.0. The number of aromatic nitrogens is 1. The third-order valence-corrected chi connectivity index (χ3v) is 3.08. The highest BCUT2D eigenvalue weighted by Crippen LogP contribution is 2.29. The van der Waals surface area contributed by atoms with Crippen LogP contribution in [0.1, 0.15) is 22.3 Å². The van der Waals surface area contributed by atoms with Gasteiger partial charge in [0.2, 0.25) is 0 Å². The van der Waals surface area contributed by atoms with E-state index in [1.165, 1.54) is 23.5 Å². The molecule has 1 heterocycles. The second kappa shape index (κ2) is 6.19. The van der Waals surface area contributed by atoms with Gasteiger partial charge in [-0.3, -0.25) is 0 Å². The SMILES string of the molecule is CCOc1cc(C(=O)O)ccc1OCc1nccs1. The summed E-state index contributed by atoms with van der Waals surface area (Å²) in [6.07, 6.45) is 1.71. The Balaban J connectivity index is 2.16. The molecule has 100 valence electrons. The second-order valence-corrected chi connectivity index (χ2v) is 4.59. The van der Waals surface area contributed by atoms with E-state index >= 15 is 0 Å². The second-order valence-electron chi connectivity index (χ2n) is 3.61. The lowest BCUT2D eigenvalue weighted by Gasteiger charge is -2.11. The van der Waals surface area contributed by atoms with Crippen molar-refractivity contribution in [3.8, 4) is 11.5 Å². The van der Waals surface area contributed by atoms with Gasteiger partial charge in [0.05, 0.1) is 12.2 Å². The molecule has 0 unspecified atom stereocenters. The molecule has 6 heteroatoms. The highest BCUT2D eigenvalue weighted by atomic mass is 32.1. The molecule has 0 saturated carbocycles. The third kappa shape index (κ3) is 3.45. The number of benzene rings is 1. The largest absolute Gasteiger partial charge is 0.490 e. The molecule has 0 fully saturated rings. The molecule has 0 aliphatic rings. The zero-order valence-electron chi connectivity index (χ0n) is 10.3. The van der Waals surface area contributed by atoms with Crippen LogP contribution in [0.2, 0.25) is 0 Å². The fourth-order valence-electron chi connectivity index (χ4n) is 1.49. The van der Waals surface area contributed by atoms with E-state index in [9.17, 15) is 4.79 Å². The molecule has 2 rings (SSSR count). The van der Waals surface area contributed by atoms with Crippen LogP contribution in [0, 0.1) is 0 Å². The van der Waals surface area contributed by atoms with Crippen LogP contribution in [0.25, 0.3) is 0 Å². The van der Waals surface area contributed by atoms with Gasteiger partial charge in [-0.1, -0.05) is 0 Å². The molecule has 19 heavy (non-hydrogen) atoms. The lowest BCUT2D eigenvalue weighted by atomic mass is 10.2. The Morgan fingerprint density at radius 2 is 2.21 bits per heavy atom. The molecular formula is C13H13NO4S. The van der Waals surface area contributed by atoms with Crippen molar-refractivity contribution in [2.75, 3.05) is 6.61 Å². The van der Waals surface area contributed by atoms with Gasteiger partial charge < -0.3 is 14.6 Å². The van der Waals surface area contributed by atoms with E-state index in [0.717, 1.165) is 5.01 Å². The molecule has 1 N–H and O–H groups in total. The van der Waals surface area contributed by atoms with Crippen molar-refractivity contribution in [3.63, 3.8) is 0 Å². The average molecular weight is 279 g/mol. The predicted octanol–water partition coefficient (Wildman–Crippen LogP) is 2.82. The van der Waals surface area contributed by atoms with Crippen LogP contribution in [0.5, 0.6) is 11.5 Å². The van der Waals surface area contributed by atoms with Gasteiger partial charge in [0.1, 0.15) is 11.6 Å². The summed E-state index contributed by atoms with van der Waals surface area (Å²) in [5.74, 6) is -0.0477. The van der Waals surface area contributed by atoms with Gasteiger partial charge in [0.15, 0.2) is 11.5 Å². The Labute approximate surface area is 114 Å². The Kier molecular flexibility index (Phi) is 4.35. The van der Waals surface area contributed by atoms with Gasteiger partial charge in [0.25, 0.3) is 0 Å². The average Bonchev–Trinajstić information content (AvgIpc) is 2.90. The van der Waals surface area contributed by atoms with Gasteiger partial charge in [-0.2, -0.15) is 0 Å². The molecule has 0 radical (unpaired) electrons. The van der Waals surface area contributed by atoms with Gasteiger partial charge in [0, 0.05) is 11.6 Å². The van der Waals surface area contributed by atoms with Crippen LogP contribution in [0.4, 0.5) is 0 Å². The Bertz CT molecular complexity index is 554. The standard InChI is InChI=1S/C13H13NO4S/c1-2-17-11-7-9(13(15)16)3-4-10(11)18-8-12-14-5-6-19-12/h3-7H,2,8H2,1H3,(H,15,16). The fourth-order valence-corrected chi connectivity index (χ4v) is 2.02. The van der Waals surface area contributed by atoms with Crippen molar-refractivity contribution in [2.24, 2.45) is 0 Å². The zero-order valence-corrected chi connectivity index (χ0v) is 11.1. The normalized spacial score (nSPS) is 10.2. The number of ether oxygens (including phenoxy) is 2.